The summed E-state index contributed by atoms with van der Waals surface area (Å²) in [7, 11) is 5.66. The Morgan fingerprint density at radius 2 is 1.90 bits per heavy atom. The van der Waals surface area contributed by atoms with Crippen LogP contribution in [0.1, 0.15) is 42.9 Å². The summed E-state index contributed by atoms with van der Waals surface area (Å²) in [5.41, 5.74) is 4.43. The van der Waals surface area contributed by atoms with Gasteiger partial charge in [0.1, 0.15) is 5.75 Å². The molecular formula is C23H30N6O2. The minimum absolute atomic E-state index is 0.348. The van der Waals surface area contributed by atoms with E-state index in [2.05, 4.69) is 44.2 Å². The summed E-state index contributed by atoms with van der Waals surface area (Å²) in [6.45, 7) is 2.00. The lowest BCUT2D eigenvalue weighted by molar-refractivity contribution is 0.0573. The Bertz CT molecular complexity index is 1070. The molecule has 8 heteroatoms. The Kier molecular flexibility index (Phi) is 5.50. The molecule has 0 bridgehead atoms. The first-order chi connectivity index (χ1) is 15.1. The Morgan fingerprint density at radius 1 is 1.06 bits per heavy atom. The SMILES string of the molecule is COc1cc2c(cc1Nc1ncc3cnn([C@H]4CC[C@H](OC)CC4)c3n1)CN(C)CC2. The zero-order chi connectivity index (χ0) is 21.4. The predicted octanol–water partition coefficient (Wildman–Crippen LogP) is 3.70. The number of hydrogen-bond donors (Lipinski definition) is 1. The van der Waals surface area contributed by atoms with E-state index in [1.807, 2.05) is 12.4 Å². The third-order valence-electron chi connectivity index (χ3n) is 6.63. The molecule has 0 amide bonds. The first-order valence-corrected chi connectivity index (χ1v) is 11.0. The molecule has 164 valence electrons. The van der Waals surface area contributed by atoms with Gasteiger partial charge < -0.3 is 19.7 Å². The Hall–Kier alpha value is -2.71. The van der Waals surface area contributed by atoms with E-state index in [0.717, 1.165) is 67.7 Å². The van der Waals surface area contributed by atoms with Crippen LogP contribution in [0.15, 0.2) is 24.5 Å². The fourth-order valence-corrected chi connectivity index (χ4v) is 4.80. The highest BCUT2D eigenvalue weighted by molar-refractivity contribution is 5.76. The molecule has 8 nitrogen and oxygen atoms in total. The van der Waals surface area contributed by atoms with Crippen molar-refractivity contribution >= 4 is 22.7 Å². The van der Waals surface area contributed by atoms with Gasteiger partial charge in [-0.1, -0.05) is 0 Å². The summed E-state index contributed by atoms with van der Waals surface area (Å²) in [5.74, 6) is 1.38. The lowest BCUT2D eigenvalue weighted by Crippen LogP contribution is -2.26. The van der Waals surface area contributed by atoms with E-state index in [1.165, 1.54) is 11.1 Å². The maximum atomic E-state index is 5.66. The van der Waals surface area contributed by atoms with Gasteiger partial charge in [-0.25, -0.2) is 9.67 Å². The molecule has 1 aromatic carbocycles. The molecule has 0 unspecified atom stereocenters. The van der Waals surface area contributed by atoms with Crippen LogP contribution in [0.3, 0.4) is 0 Å². The Balaban J connectivity index is 1.43. The summed E-state index contributed by atoms with van der Waals surface area (Å²) in [6.07, 6.45) is 9.31. The number of benzene rings is 1. The predicted molar refractivity (Wildman–Crippen MR) is 120 cm³/mol. The standard InChI is InChI=1S/C23H30N6O2/c1-28-9-8-15-11-21(31-3)20(10-16(15)14-28)26-23-24-12-17-13-25-29(22(17)27-23)18-4-6-19(30-2)7-5-18/h10-13,18-19H,4-9,14H2,1-3H3,(H,24,26,27)/t18-,19-. The quantitative estimate of drug-likeness (QED) is 0.672. The molecule has 0 radical (unpaired) electrons. The monoisotopic (exact) mass is 422 g/mol. The molecule has 1 aliphatic carbocycles. The van der Waals surface area contributed by atoms with Crippen LogP contribution in [0.25, 0.3) is 11.0 Å². The molecule has 0 atom stereocenters. The lowest BCUT2D eigenvalue weighted by Gasteiger charge is -2.28. The van der Waals surface area contributed by atoms with Crippen molar-refractivity contribution < 1.29 is 9.47 Å². The van der Waals surface area contributed by atoms with Crippen molar-refractivity contribution in [1.82, 2.24) is 24.6 Å². The van der Waals surface area contributed by atoms with E-state index in [-0.39, 0.29) is 0 Å². The van der Waals surface area contributed by atoms with E-state index in [0.29, 0.717) is 18.1 Å². The van der Waals surface area contributed by atoms with Crippen LogP contribution >= 0.6 is 0 Å². The van der Waals surface area contributed by atoms with Gasteiger partial charge in [0, 0.05) is 26.4 Å². The Morgan fingerprint density at radius 3 is 2.68 bits per heavy atom. The second-order valence-corrected chi connectivity index (χ2v) is 8.66. The van der Waals surface area contributed by atoms with Crippen molar-refractivity contribution in [1.29, 1.82) is 0 Å². The number of fused-ring (bicyclic) bond motifs is 2. The summed E-state index contributed by atoms with van der Waals surface area (Å²) < 4.78 is 13.2. The van der Waals surface area contributed by atoms with Gasteiger partial charge in [-0.2, -0.15) is 10.1 Å². The van der Waals surface area contributed by atoms with Crippen LogP contribution in [0, 0.1) is 0 Å². The van der Waals surface area contributed by atoms with Crippen molar-refractivity contribution in [3.05, 3.63) is 35.7 Å². The van der Waals surface area contributed by atoms with E-state index in [4.69, 9.17) is 14.5 Å². The third kappa shape index (κ3) is 3.97. The fourth-order valence-electron chi connectivity index (χ4n) is 4.80. The second-order valence-electron chi connectivity index (χ2n) is 8.66. The molecule has 3 heterocycles. The van der Waals surface area contributed by atoms with Crippen LogP contribution < -0.4 is 10.1 Å². The molecule has 1 fully saturated rings. The molecule has 31 heavy (non-hydrogen) atoms. The van der Waals surface area contributed by atoms with Gasteiger partial charge in [0.2, 0.25) is 5.95 Å². The van der Waals surface area contributed by atoms with Gasteiger partial charge >= 0.3 is 0 Å². The minimum atomic E-state index is 0.348. The van der Waals surface area contributed by atoms with Crippen LogP contribution in [0.5, 0.6) is 5.75 Å². The highest BCUT2D eigenvalue weighted by Crippen LogP contribution is 2.34. The first-order valence-electron chi connectivity index (χ1n) is 11.0. The fraction of sp³-hybridized carbons (Fsp3) is 0.522. The van der Waals surface area contributed by atoms with Gasteiger partial charge in [-0.3, -0.25) is 0 Å². The maximum absolute atomic E-state index is 5.66. The van der Waals surface area contributed by atoms with E-state index in [1.54, 1.807) is 14.2 Å². The van der Waals surface area contributed by atoms with Gasteiger partial charge in [0.15, 0.2) is 5.65 Å². The molecule has 1 saturated carbocycles. The summed E-state index contributed by atoms with van der Waals surface area (Å²) in [4.78, 5) is 11.7. The summed E-state index contributed by atoms with van der Waals surface area (Å²) in [5, 5.41) is 8.98. The number of methoxy groups -OCH3 is 2. The van der Waals surface area contributed by atoms with Gasteiger partial charge in [-0.05, 0) is 62.4 Å². The van der Waals surface area contributed by atoms with Gasteiger partial charge in [0.25, 0.3) is 0 Å². The molecule has 2 aliphatic rings. The minimum Gasteiger partial charge on any atom is -0.495 e. The number of nitrogens with one attached hydrogen (secondary N) is 1. The zero-order valence-corrected chi connectivity index (χ0v) is 18.5. The van der Waals surface area contributed by atoms with Crippen molar-refractivity contribution in [3.8, 4) is 5.75 Å². The molecule has 1 aliphatic heterocycles. The van der Waals surface area contributed by atoms with Crippen molar-refractivity contribution in [2.45, 2.75) is 50.8 Å². The number of nitrogens with zero attached hydrogens (tertiary/aromatic N) is 5. The number of likely N-dealkylation sites (N-methyl/N-ethyl adjacent to an activating group) is 1. The number of rotatable bonds is 5. The van der Waals surface area contributed by atoms with Crippen LogP contribution in [-0.2, 0) is 17.7 Å². The average molecular weight is 423 g/mol. The van der Waals surface area contributed by atoms with E-state index >= 15 is 0 Å². The third-order valence-corrected chi connectivity index (χ3v) is 6.63. The van der Waals surface area contributed by atoms with Crippen LogP contribution in [0.2, 0.25) is 0 Å². The number of hydrogen-bond acceptors (Lipinski definition) is 7. The molecule has 0 saturated heterocycles. The largest absolute Gasteiger partial charge is 0.495 e. The van der Waals surface area contributed by atoms with Crippen molar-refractivity contribution in [2.75, 3.05) is 33.1 Å². The van der Waals surface area contributed by atoms with Crippen LogP contribution in [0.4, 0.5) is 11.6 Å². The summed E-state index contributed by atoms with van der Waals surface area (Å²) in [6, 6.07) is 4.66. The average Bonchev–Trinajstić information content (AvgIpc) is 3.22. The van der Waals surface area contributed by atoms with Gasteiger partial charge in [-0.15, -0.1) is 0 Å². The molecule has 3 aromatic rings. The van der Waals surface area contributed by atoms with Gasteiger partial charge in [0.05, 0.1) is 36.5 Å². The highest BCUT2D eigenvalue weighted by atomic mass is 16.5. The number of ether oxygens (including phenoxy) is 2. The van der Waals surface area contributed by atoms with E-state index in [9.17, 15) is 0 Å². The molecule has 5 rings (SSSR count). The first kappa shape index (κ1) is 20.2. The Labute approximate surface area is 182 Å². The molecule has 1 N–H and O–H groups in total. The second kappa shape index (κ2) is 8.43. The smallest absolute Gasteiger partial charge is 0.229 e. The van der Waals surface area contributed by atoms with Crippen LogP contribution in [-0.4, -0.2) is 58.6 Å². The molecular weight excluding hydrogens is 392 g/mol. The maximum Gasteiger partial charge on any atom is 0.229 e. The normalized spacial score (nSPS) is 21.8. The van der Waals surface area contributed by atoms with Crippen molar-refractivity contribution in [2.24, 2.45) is 0 Å². The van der Waals surface area contributed by atoms with Crippen molar-refractivity contribution in [3.63, 3.8) is 0 Å². The zero-order valence-electron chi connectivity index (χ0n) is 18.5. The molecule has 0 spiro atoms. The molecule has 2 aromatic heterocycles. The topological polar surface area (TPSA) is 77.3 Å². The number of anilines is 2. The summed E-state index contributed by atoms with van der Waals surface area (Å²) >= 11 is 0. The van der Waals surface area contributed by atoms with E-state index < -0.39 is 0 Å². The number of aromatic nitrogens is 4. The highest BCUT2D eigenvalue weighted by Gasteiger charge is 2.24. The lowest BCUT2D eigenvalue weighted by atomic mass is 9.93.